The predicted molar refractivity (Wildman–Crippen MR) is 64.2 cm³/mol. The maximum Gasteiger partial charge on any atom is 0.132 e. The van der Waals surface area contributed by atoms with Crippen molar-refractivity contribution >= 4 is 0 Å². The molecule has 18 heavy (non-hydrogen) atoms. The fraction of sp³-hybridized carbons (Fsp3) is 0.143. The summed E-state index contributed by atoms with van der Waals surface area (Å²) in [6, 6.07) is 11.5. The average Bonchev–Trinajstić information content (AvgIpc) is 2.41. The van der Waals surface area contributed by atoms with Gasteiger partial charge in [-0.2, -0.15) is 0 Å². The molecule has 94 valence electrons. The number of rotatable bonds is 4. The van der Waals surface area contributed by atoms with Crippen LogP contribution in [0.1, 0.15) is 11.1 Å². The minimum absolute atomic E-state index is 0.122. The molecule has 4 heteroatoms. The second-order valence-electron chi connectivity index (χ2n) is 3.80. The lowest BCUT2D eigenvalue weighted by Gasteiger charge is -2.14. The van der Waals surface area contributed by atoms with Crippen molar-refractivity contribution in [1.29, 1.82) is 0 Å². The van der Waals surface area contributed by atoms with Gasteiger partial charge in [0.1, 0.15) is 11.5 Å². The van der Waals surface area contributed by atoms with Crippen LogP contribution < -0.4 is 9.84 Å². The molecule has 4 nitrogen and oxygen atoms in total. The van der Waals surface area contributed by atoms with Crippen LogP contribution in [0.2, 0.25) is 0 Å². The Labute approximate surface area is 105 Å². The molecule has 2 aromatic rings. The first-order valence-electron chi connectivity index (χ1n) is 5.52. The molecular formula is C14H13O4-. The lowest BCUT2D eigenvalue weighted by Crippen LogP contribution is -1.98. The molecule has 0 bridgehead atoms. The summed E-state index contributed by atoms with van der Waals surface area (Å²) in [5.41, 5.74) is 0.947. The third-order valence-corrected chi connectivity index (χ3v) is 2.57. The van der Waals surface area contributed by atoms with E-state index in [-0.39, 0.29) is 24.5 Å². The van der Waals surface area contributed by atoms with Gasteiger partial charge in [0, 0.05) is 5.56 Å². The third kappa shape index (κ3) is 2.61. The van der Waals surface area contributed by atoms with Crippen LogP contribution in [0.15, 0.2) is 42.5 Å². The van der Waals surface area contributed by atoms with Crippen molar-refractivity contribution in [2.75, 3.05) is 0 Å². The molecule has 0 saturated heterocycles. The van der Waals surface area contributed by atoms with Crippen molar-refractivity contribution in [2.45, 2.75) is 13.2 Å². The molecule has 0 fully saturated rings. The zero-order chi connectivity index (χ0) is 13.0. The number of hydrogen-bond acceptors (Lipinski definition) is 4. The van der Waals surface area contributed by atoms with Crippen molar-refractivity contribution in [3.05, 3.63) is 53.6 Å². The van der Waals surface area contributed by atoms with E-state index in [0.717, 1.165) is 0 Å². The molecule has 0 aromatic heterocycles. The van der Waals surface area contributed by atoms with Crippen LogP contribution in [0, 0.1) is 0 Å². The quantitative estimate of drug-likeness (QED) is 0.857. The number of para-hydroxylation sites is 1. The van der Waals surface area contributed by atoms with Crippen LogP contribution in [0.4, 0.5) is 0 Å². The smallest absolute Gasteiger partial charge is 0.132 e. The Balaban J connectivity index is 2.28. The fourth-order valence-electron chi connectivity index (χ4n) is 1.60. The highest BCUT2D eigenvalue weighted by atomic mass is 16.5. The Kier molecular flexibility index (Phi) is 3.82. The fourth-order valence-corrected chi connectivity index (χ4v) is 1.60. The summed E-state index contributed by atoms with van der Waals surface area (Å²) in [6.07, 6.45) is 0. The monoisotopic (exact) mass is 245 g/mol. The summed E-state index contributed by atoms with van der Waals surface area (Å²) >= 11 is 0. The van der Waals surface area contributed by atoms with Gasteiger partial charge in [-0.15, -0.1) is 5.75 Å². The van der Waals surface area contributed by atoms with Crippen molar-refractivity contribution in [3.8, 4) is 17.2 Å². The summed E-state index contributed by atoms with van der Waals surface area (Å²) in [7, 11) is 0. The lowest BCUT2D eigenvalue weighted by molar-refractivity contribution is -0.270. The molecule has 2 N–H and O–H groups in total. The molecule has 2 rings (SSSR count). The van der Waals surface area contributed by atoms with Gasteiger partial charge >= 0.3 is 0 Å². The Morgan fingerprint density at radius 2 is 1.67 bits per heavy atom. The topological polar surface area (TPSA) is 72.8 Å². The van der Waals surface area contributed by atoms with Gasteiger partial charge in [-0.25, -0.2) is 0 Å². The lowest BCUT2D eigenvalue weighted by atomic mass is 10.2. The van der Waals surface area contributed by atoms with Gasteiger partial charge in [-0.05, 0) is 23.8 Å². The SMILES string of the molecule is [O-]c1ccc(Oc2ccccc2CO)cc1CO. The molecule has 0 amide bonds. The van der Waals surface area contributed by atoms with Gasteiger partial charge in [0.25, 0.3) is 0 Å². The van der Waals surface area contributed by atoms with E-state index in [1.54, 1.807) is 24.3 Å². The maximum absolute atomic E-state index is 11.3. The van der Waals surface area contributed by atoms with Crippen molar-refractivity contribution in [2.24, 2.45) is 0 Å². The highest BCUT2D eigenvalue weighted by molar-refractivity contribution is 5.42. The molecule has 0 unspecified atom stereocenters. The van der Waals surface area contributed by atoms with Crippen molar-refractivity contribution in [1.82, 2.24) is 0 Å². The van der Waals surface area contributed by atoms with Crippen molar-refractivity contribution in [3.63, 3.8) is 0 Å². The average molecular weight is 245 g/mol. The van der Waals surface area contributed by atoms with E-state index in [1.807, 2.05) is 0 Å². The highest BCUT2D eigenvalue weighted by Crippen LogP contribution is 2.28. The molecule has 0 aliphatic rings. The van der Waals surface area contributed by atoms with E-state index in [4.69, 9.17) is 9.84 Å². The Morgan fingerprint density at radius 3 is 2.39 bits per heavy atom. The normalized spacial score (nSPS) is 10.3. The van der Waals surface area contributed by atoms with Gasteiger partial charge in [-0.1, -0.05) is 24.3 Å². The van der Waals surface area contributed by atoms with Gasteiger partial charge in [0.2, 0.25) is 0 Å². The van der Waals surface area contributed by atoms with Gasteiger partial charge in [-0.3, -0.25) is 0 Å². The molecule has 0 atom stereocenters. The molecular weight excluding hydrogens is 232 g/mol. The minimum atomic E-state index is -0.322. The number of ether oxygens (including phenoxy) is 1. The second-order valence-corrected chi connectivity index (χ2v) is 3.80. The van der Waals surface area contributed by atoms with Gasteiger partial charge in [0.05, 0.1) is 13.2 Å². The molecule has 0 aliphatic carbocycles. The Bertz CT molecular complexity index is 537. The van der Waals surface area contributed by atoms with Crippen molar-refractivity contribution < 1.29 is 20.1 Å². The summed E-state index contributed by atoms with van der Waals surface area (Å²) in [5.74, 6) is 0.766. The minimum Gasteiger partial charge on any atom is -0.872 e. The second kappa shape index (κ2) is 5.53. The largest absolute Gasteiger partial charge is 0.872 e. The van der Waals surface area contributed by atoms with E-state index in [1.165, 1.54) is 18.2 Å². The Hall–Kier alpha value is -2.04. The first kappa shape index (κ1) is 12.4. The molecule has 0 spiro atoms. The van der Waals surface area contributed by atoms with Gasteiger partial charge < -0.3 is 20.1 Å². The number of benzene rings is 2. The first-order chi connectivity index (χ1) is 8.74. The first-order valence-corrected chi connectivity index (χ1v) is 5.52. The zero-order valence-electron chi connectivity index (χ0n) is 9.67. The van der Waals surface area contributed by atoms with E-state index in [2.05, 4.69) is 0 Å². The molecule has 0 aliphatic heterocycles. The molecule has 2 aromatic carbocycles. The zero-order valence-corrected chi connectivity index (χ0v) is 9.67. The molecule has 0 saturated carbocycles. The Morgan fingerprint density at radius 1 is 0.944 bits per heavy atom. The van der Waals surface area contributed by atoms with Crippen LogP contribution in [0.5, 0.6) is 17.2 Å². The number of hydrogen-bond donors (Lipinski definition) is 2. The van der Waals surface area contributed by atoms with E-state index < -0.39 is 0 Å². The highest BCUT2D eigenvalue weighted by Gasteiger charge is 2.04. The van der Waals surface area contributed by atoms with E-state index in [9.17, 15) is 10.2 Å². The standard InChI is InChI=1S/C14H14O4/c15-8-10-3-1-2-4-14(10)18-12-5-6-13(17)11(7-12)9-16/h1-7,15-17H,8-9H2/p-1. The van der Waals surface area contributed by atoms with Crippen LogP contribution in [-0.2, 0) is 13.2 Å². The van der Waals surface area contributed by atoms with E-state index >= 15 is 0 Å². The van der Waals surface area contributed by atoms with Crippen LogP contribution in [-0.4, -0.2) is 10.2 Å². The van der Waals surface area contributed by atoms with Crippen LogP contribution >= 0.6 is 0 Å². The summed E-state index contributed by atoms with van der Waals surface area (Å²) < 4.78 is 5.59. The van der Waals surface area contributed by atoms with E-state index in [0.29, 0.717) is 17.1 Å². The molecule has 0 heterocycles. The molecule has 0 radical (unpaired) electrons. The summed E-state index contributed by atoms with van der Waals surface area (Å²) in [4.78, 5) is 0. The third-order valence-electron chi connectivity index (χ3n) is 2.57. The van der Waals surface area contributed by atoms with Crippen LogP contribution in [0.25, 0.3) is 0 Å². The summed E-state index contributed by atoms with van der Waals surface area (Å²) in [6.45, 7) is -0.444. The summed E-state index contributed by atoms with van der Waals surface area (Å²) in [5, 5.41) is 29.5. The number of aliphatic hydroxyl groups excluding tert-OH is 2. The van der Waals surface area contributed by atoms with Gasteiger partial charge in [0.15, 0.2) is 0 Å². The maximum atomic E-state index is 11.3. The van der Waals surface area contributed by atoms with Crippen LogP contribution in [0.3, 0.4) is 0 Å². The number of aliphatic hydroxyl groups is 2. The predicted octanol–water partition coefficient (Wildman–Crippen LogP) is 1.54.